The minimum Gasteiger partial charge on any atom is -0.467 e. The molecule has 2 N–H and O–H groups in total. The van der Waals surface area contributed by atoms with Gasteiger partial charge in [0.2, 0.25) is 6.79 Å². The van der Waals surface area contributed by atoms with Gasteiger partial charge in [0.05, 0.1) is 37.7 Å². The number of H-pyrrole nitrogens is 1. The Hall–Kier alpha value is -3.72. The second kappa shape index (κ2) is 8.19. The van der Waals surface area contributed by atoms with E-state index in [2.05, 4.69) is 10.3 Å². The van der Waals surface area contributed by atoms with Crippen molar-refractivity contribution < 1.29 is 18.3 Å². The van der Waals surface area contributed by atoms with Gasteiger partial charge in [-0.1, -0.05) is 0 Å². The topological polar surface area (TPSA) is 92.9 Å². The van der Waals surface area contributed by atoms with Crippen LogP contribution in [-0.4, -0.2) is 21.8 Å². The number of fused-ring (bicyclic) bond motifs is 2. The number of hydrogen-bond acceptors (Lipinski definition) is 6. The molecule has 0 atom stereocenters. The first-order chi connectivity index (χ1) is 15.2. The summed E-state index contributed by atoms with van der Waals surface area (Å²) in [6.07, 6.45) is 3.22. The SMILES string of the molecule is O=c1[nH]c2cc3c(cc2cc1CN(Cc1ccco1)C(=S)NCc1ccco1)OCO3. The molecule has 0 unspecified atom stereocenters. The smallest absolute Gasteiger partial charge is 0.253 e. The maximum absolute atomic E-state index is 12.8. The van der Waals surface area contributed by atoms with E-state index in [0.29, 0.717) is 47.3 Å². The molecule has 0 saturated carbocycles. The molecule has 3 aromatic heterocycles. The van der Waals surface area contributed by atoms with Gasteiger partial charge in [-0.15, -0.1) is 0 Å². The summed E-state index contributed by atoms with van der Waals surface area (Å²) in [6, 6.07) is 12.9. The predicted octanol–water partition coefficient (Wildman–Crippen LogP) is 3.52. The first kappa shape index (κ1) is 19.3. The van der Waals surface area contributed by atoms with Crippen LogP contribution in [0.4, 0.5) is 0 Å². The Morgan fingerprint density at radius 2 is 1.77 bits per heavy atom. The number of thiocarbonyl (C=S) groups is 1. The van der Waals surface area contributed by atoms with E-state index in [1.54, 1.807) is 18.6 Å². The van der Waals surface area contributed by atoms with Crippen LogP contribution in [0.25, 0.3) is 10.9 Å². The number of aromatic amines is 1. The Kier molecular flexibility index (Phi) is 5.09. The zero-order valence-corrected chi connectivity index (χ0v) is 17.2. The van der Waals surface area contributed by atoms with Gasteiger partial charge in [-0.3, -0.25) is 4.79 Å². The minimum atomic E-state index is -0.190. The summed E-state index contributed by atoms with van der Waals surface area (Å²) >= 11 is 5.61. The molecule has 8 nitrogen and oxygen atoms in total. The van der Waals surface area contributed by atoms with E-state index in [1.807, 2.05) is 41.3 Å². The van der Waals surface area contributed by atoms with Crippen LogP contribution in [-0.2, 0) is 19.6 Å². The van der Waals surface area contributed by atoms with E-state index >= 15 is 0 Å². The zero-order valence-electron chi connectivity index (χ0n) is 16.4. The van der Waals surface area contributed by atoms with E-state index < -0.39 is 0 Å². The number of benzene rings is 1. The molecule has 0 aliphatic carbocycles. The Labute approximate surface area is 182 Å². The number of aromatic nitrogens is 1. The lowest BCUT2D eigenvalue weighted by Crippen LogP contribution is -2.39. The molecular weight excluding hydrogens is 418 g/mol. The lowest BCUT2D eigenvalue weighted by Gasteiger charge is -2.24. The van der Waals surface area contributed by atoms with E-state index in [4.69, 9.17) is 30.5 Å². The van der Waals surface area contributed by atoms with Crippen LogP contribution in [0.15, 0.2) is 68.6 Å². The van der Waals surface area contributed by atoms with Crippen LogP contribution in [0.3, 0.4) is 0 Å². The number of hydrogen-bond donors (Lipinski definition) is 2. The van der Waals surface area contributed by atoms with Crippen molar-refractivity contribution in [1.29, 1.82) is 0 Å². The van der Waals surface area contributed by atoms with Gasteiger partial charge in [0.1, 0.15) is 11.5 Å². The molecule has 0 amide bonds. The molecule has 0 spiro atoms. The van der Waals surface area contributed by atoms with Crippen molar-refractivity contribution in [2.45, 2.75) is 19.6 Å². The van der Waals surface area contributed by atoms with Crippen LogP contribution < -0.4 is 20.3 Å². The molecule has 0 fully saturated rings. The van der Waals surface area contributed by atoms with Crippen molar-refractivity contribution in [1.82, 2.24) is 15.2 Å². The number of nitrogens with zero attached hydrogens (tertiary/aromatic N) is 1. The highest BCUT2D eigenvalue weighted by molar-refractivity contribution is 7.80. The molecule has 1 aliphatic rings. The summed E-state index contributed by atoms with van der Waals surface area (Å²) < 4.78 is 21.7. The van der Waals surface area contributed by atoms with Gasteiger partial charge >= 0.3 is 0 Å². The molecule has 1 aromatic carbocycles. The van der Waals surface area contributed by atoms with Gasteiger partial charge in [-0.25, -0.2) is 0 Å². The first-order valence-electron chi connectivity index (χ1n) is 9.69. The minimum absolute atomic E-state index is 0.176. The predicted molar refractivity (Wildman–Crippen MR) is 117 cm³/mol. The molecule has 158 valence electrons. The molecular formula is C22H19N3O5S. The summed E-state index contributed by atoms with van der Waals surface area (Å²) in [5, 5.41) is 4.52. The molecule has 0 saturated heterocycles. The normalized spacial score (nSPS) is 12.3. The van der Waals surface area contributed by atoms with Crippen molar-refractivity contribution in [2.75, 3.05) is 6.79 Å². The lowest BCUT2D eigenvalue weighted by atomic mass is 10.1. The van der Waals surface area contributed by atoms with E-state index in [1.165, 1.54) is 0 Å². The second-order valence-electron chi connectivity index (χ2n) is 7.09. The maximum atomic E-state index is 12.8. The van der Waals surface area contributed by atoms with Crippen LogP contribution in [0.1, 0.15) is 17.1 Å². The van der Waals surface area contributed by atoms with Gasteiger partial charge < -0.3 is 33.5 Å². The standard InChI is InChI=1S/C22H19N3O5S/c26-21-15(7-14-8-19-20(30-13-29-19)9-18(14)24-21)11-25(12-17-4-2-6-28-17)22(31)23-10-16-3-1-5-27-16/h1-9H,10-13H2,(H,23,31)(H,24,26). The number of pyridine rings is 1. The fraction of sp³-hybridized carbons (Fsp3) is 0.182. The largest absolute Gasteiger partial charge is 0.467 e. The Bertz CT molecular complexity index is 1260. The molecule has 1 aliphatic heterocycles. The fourth-order valence-electron chi connectivity index (χ4n) is 3.44. The molecule has 4 heterocycles. The van der Waals surface area contributed by atoms with Crippen LogP contribution in [0, 0.1) is 0 Å². The van der Waals surface area contributed by atoms with Crippen molar-refractivity contribution >= 4 is 28.2 Å². The summed E-state index contributed by atoms with van der Waals surface area (Å²) in [5.41, 5.74) is 1.07. The summed E-state index contributed by atoms with van der Waals surface area (Å²) in [5.74, 6) is 2.79. The molecule has 0 bridgehead atoms. The first-order valence-corrected chi connectivity index (χ1v) is 10.1. The maximum Gasteiger partial charge on any atom is 0.253 e. The van der Waals surface area contributed by atoms with Crippen molar-refractivity contribution in [3.8, 4) is 11.5 Å². The highest BCUT2D eigenvalue weighted by Gasteiger charge is 2.18. The van der Waals surface area contributed by atoms with E-state index in [0.717, 1.165) is 16.9 Å². The van der Waals surface area contributed by atoms with Gasteiger partial charge in [0.15, 0.2) is 16.6 Å². The van der Waals surface area contributed by atoms with Crippen molar-refractivity contribution in [3.63, 3.8) is 0 Å². The Morgan fingerprint density at radius 1 is 1.03 bits per heavy atom. The Balaban J connectivity index is 1.41. The molecule has 0 radical (unpaired) electrons. The number of furan rings is 2. The van der Waals surface area contributed by atoms with Crippen LogP contribution in [0.5, 0.6) is 11.5 Å². The summed E-state index contributed by atoms with van der Waals surface area (Å²) in [7, 11) is 0. The second-order valence-corrected chi connectivity index (χ2v) is 7.48. The highest BCUT2D eigenvalue weighted by Crippen LogP contribution is 2.35. The average molecular weight is 437 g/mol. The zero-order chi connectivity index (χ0) is 21.2. The van der Waals surface area contributed by atoms with Gasteiger partial charge in [0, 0.05) is 17.0 Å². The van der Waals surface area contributed by atoms with E-state index in [9.17, 15) is 4.79 Å². The third kappa shape index (κ3) is 4.13. The summed E-state index contributed by atoms with van der Waals surface area (Å²) in [6.45, 7) is 1.33. The van der Waals surface area contributed by atoms with Gasteiger partial charge in [-0.05, 0) is 48.6 Å². The number of rotatable bonds is 6. The van der Waals surface area contributed by atoms with Gasteiger partial charge in [0.25, 0.3) is 5.56 Å². The van der Waals surface area contributed by atoms with Crippen molar-refractivity contribution in [3.05, 3.63) is 82.4 Å². The van der Waals surface area contributed by atoms with Gasteiger partial charge in [-0.2, -0.15) is 0 Å². The average Bonchev–Trinajstić information content (AvgIpc) is 3.53. The van der Waals surface area contributed by atoms with Crippen LogP contribution in [0.2, 0.25) is 0 Å². The molecule has 31 heavy (non-hydrogen) atoms. The number of nitrogens with one attached hydrogen (secondary N) is 2. The van der Waals surface area contributed by atoms with E-state index in [-0.39, 0.29) is 12.4 Å². The summed E-state index contributed by atoms with van der Waals surface area (Å²) in [4.78, 5) is 17.6. The Morgan fingerprint density at radius 3 is 2.52 bits per heavy atom. The molecule has 4 aromatic rings. The monoisotopic (exact) mass is 437 g/mol. The highest BCUT2D eigenvalue weighted by atomic mass is 32.1. The molecule has 5 rings (SSSR count). The quantitative estimate of drug-likeness (QED) is 0.443. The molecule has 9 heteroatoms. The third-order valence-corrected chi connectivity index (χ3v) is 5.39. The van der Waals surface area contributed by atoms with Crippen molar-refractivity contribution in [2.24, 2.45) is 0 Å². The van der Waals surface area contributed by atoms with Crippen LogP contribution >= 0.6 is 12.2 Å². The third-order valence-electron chi connectivity index (χ3n) is 4.98. The number of ether oxygens (including phenoxy) is 2. The lowest BCUT2D eigenvalue weighted by molar-refractivity contribution is 0.174. The fourth-order valence-corrected chi connectivity index (χ4v) is 3.64.